The minimum atomic E-state index is -0.145. The van der Waals surface area contributed by atoms with Crippen LogP contribution in [0.3, 0.4) is 0 Å². The number of anilines is 1. The molecule has 23 heavy (non-hydrogen) atoms. The summed E-state index contributed by atoms with van der Waals surface area (Å²) in [5.41, 5.74) is 5.10. The second-order valence-electron chi connectivity index (χ2n) is 8.29. The molecule has 0 saturated heterocycles. The minimum Gasteiger partial charge on any atom is -0.291 e. The van der Waals surface area contributed by atoms with E-state index in [4.69, 9.17) is 0 Å². The predicted molar refractivity (Wildman–Crippen MR) is 91.5 cm³/mol. The maximum atomic E-state index is 11.5. The van der Waals surface area contributed by atoms with Crippen LogP contribution in [0.4, 0.5) is 5.95 Å². The van der Waals surface area contributed by atoms with Crippen molar-refractivity contribution in [3.63, 3.8) is 0 Å². The highest BCUT2D eigenvalue weighted by Gasteiger charge is 2.50. The first-order valence-corrected chi connectivity index (χ1v) is 8.87. The molecule has 1 aromatic heterocycles. The Morgan fingerprint density at radius 1 is 1.30 bits per heavy atom. The molecule has 4 saturated carbocycles. The van der Waals surface area contributed by atoms with Crippen molar-refractivity contribution in [1.82, 2.24) is 9.97 Å². The van der Waals surface area contributed by atoms with Gasteiger partial charge in [0.05, 0.1) is 0 Å². The van der Waals surface area contributed by atoms with Gasteiger partial charge in [0.1, 0.15) is 0 Å². The van der Waals surface area contributed by atoms with Crippen molar-refractivity contribution < 1.29 is 0 Å². The summed E-state index contributed by atoms with van der Waals surface area (Å²) in [7, 11) is 0. The summed E-state index contributed by atoms with van der Waals surface area (Å²) in [6.07, 6.45) is 9.69. The van der Waals surface area contributed by atoms with Crippen LogP contribution in [0.25, 0.3) is 0 Å². The molecule has 1 aromatic rings. The quantitative estimate of drug-likeness (QED) is 0.660. The van der Waals surface area contributed by atoms with Gasteiger partial charge in [-0.3, -0.25) is 9.78 Å². The highest BCUT2D eigenvalue weighted by atomic mass is 16.1. The highest BCUT2D eigenvalue weighted by molar-refractivity contribution is 5.83. The van der Waals surface area contributed by atoms with Gasteiger partial charge in [-0.1, -0.05) is 0 Å². The van der Waals surface area contributed by atoms with E-state index in [1.807, 2.05) is 6.92 Å². The zero-order valence-corrected chi connectivity index (χ0v) is 14.1. The maximum Gasteiger partial charge on any atom is 0.252 e. The van der Waals surface area contributed by atoms with Gasteiger partial charge in [-0.25, -0.2) is 10.4 Å². The van der Waals surface area contributed by atoms with Crippen LogP contribution in [-0.2, 0) is 0 Å². The van der Waals surface area contributed by atoms with E-state index in [2.05, 4.69) is 27.4 Å². The van der Waals surface area contributed by atoms with Crippen molar-refractivity contribution in [1.29, 1.82) is 0 Å². The van der Waals surface area contributed by atoms with Crippen LogP contribution in [0, 0.1) is 30.1 Å². The molecule has 5 heteroatoms. The zero-order valence-electron chi connectivity index (χ0n) is 14.1. The Balaban J connectivity index is 1.45. The van der Waals surface area contributed by atoms with Crippen LogP contribution < -0.4 is 11.0 Å². The monoisotopic (exact) mass is 314 g/mol. The number of aromatic amines is 1. The lowest BCUT2D eigenvalue weighted by atomic mass is 9.48. The van der Waals surface area contributed by atoms with E-state index in [0.29, 0.717) is 17.1 Å². The van der Waals surface area contributed by atoms with E-state index < -0.39 is 0 Å². The topological polar surface area (TPSA) is 70.1 Å². The number of hydrogen-bond donors (Lipinski definition) is 2. The largest absolute Gasteiger partial charge is 0.291 e. The minimum absolute atomic E-state index is 0.145. The van der Waals surface area contributed by atoms with Crippen LogP contribution in [0.1, 0.15) is 57.6 Å². The van der Waals surface area contributed by atoms with Gasteiger partial charge >= 0.3 is 0 Å². The molecule has 4 bridgehead atoms. The smallest absolute Gasteiger partial charge is 0.252 e. The van der Waals surface area contributed by atoms with Crippen LogP contribution in [0.2, 0.25) is 0 Å². The van der Waals surface area contributed by atoms with Crippen LogP contribution in [-0.4, -0.2) is 15.7 Å². The molecule has 4 aliphatic carbocycles. The van der Waals surface area contributed by atoms with Gasteiger partial charge in [-0.05, 0) is 82.0 Å². The molecule has 4 fully saturated rings. The molecule has 4 aliphatic rings. The molecular weight excluding hydrogens is 288 g/mol. The highest BCUT2D eigenvalue weighted by Crippen LogP contribution is 2.61. The molecule has 0 atom stereocenters. The summed E-state index contributed by atoms with van der Waals surface area (Å²) in [4.78, 5) is 18.4. The Bertz CT molecular complexity index is 655. The molecule has 0 spiro atoms. The predicted octanol–water partition coefficient (Wildman–Crippen LogP) is 3.47. The first kappa shape index (κ1) is 14.9. The molecule has 0 aliphatic heterocycles. The number of rotatable bonds is 4. The van der Waals surface area contributed by atoms with Gasteiger partial charge in [0.25, 0.3) is 5.56 Å². The number of nitrogens with one attached hydrogen (secondary N) is 2. The molecule has 0 aromatic carbocycles. The summed E-state index contributed by atoms with van der Waals surface area (Å²) in [6.45, 7) is 3.91. The molecule has 2 N–H and O–H groups in total. The number of nitrogens with zero attached hydrogens (tertiary/aromatic N) is 2. The number of H-pyrrole nitrogens is 1. The SMILES string of the molecule is C/C(CC12CC3CC(CC(C3)C1)C2)=N/Nc1nc(C)cc(=O)[nH]1. The molecule has 5 rings (SSSR count). The fraction of sp³-hybridized carbons (Fsp3) is 0.722. The van der Waals surface area contributed by atoms with Crippen molar-refractivity contribution in [3.05, 3.63) is 22.1 Å². The van der Waals surface area contributed by atoms with Gasteiger partial charge < -0.3 is 0 Å². The van der Waals surface area contributed by atoms with E-state index in [1.54, 1.807) is 0 Å². The first-order valence-electron chi connectivity index (χ1n) is 8.87. The van der Waals surface area contributed by atoms with E-state index in [9.17, 15) is 4.79 Å². The third kappa shape index (κ3) is 3.06. The number of aryl methyl sites for hydroxylation is 1. The lowest BCUT2D eigenvalue weighted by Crippen LogP contribution is -2.46. The lowest BCUT2D eigenvalue weighted by molar-refractivity contribution is -0.0482. The Hall–Kier alpha value is -1.65. The van der Waals surface area contributed by atoms with Crippen molar-refractivity contribution in [2.75, 3.05) is 5.43 Å². The number of hydrazone groups is 1. The fourth-order valence-corrected chi connectivity index (χ4v) is 5.87. The summed E-state index contributed by atoms with van der Waals surface area (Å²) in [5, 5.41) is 4.49. The Labute approximate surface area is 137 Å². The van der Waals surface area contributed by atoms with E-state index in [1.165, 1.54) is 44.6 Å². The Morgan fingerprint density at radius 3 is 2.48 bits per heavy atom. The van der Waals surface area contributed by atoms with Gasteiger partial charge in [-0.2, -0.15) is 5.10 Å². The molecule has 1 heterocycles. The van der Waals surface area contributed by atoms with E-state index in [0.717, 1.165) is 29.9 Å². The Morgan fingerprint density at radius 2 is 1.91 bits per heavy atom. The normalized spacial score (nSPS) is 35.6. The maximum absolute atomic E-state index is 11.5. The average Bonchev–Trinajstić information content (AvgIpc) is 2.42. The molecular formula is C18H26N4O. The molecule has 5 nitrogen and oxygen atoms in total. The summed E-state index contributed by atoms with van der Waals surface area (Å²) in [6, 6.07) is 1.48. The van der Waals surface area contributed by atoms with Crippen molar-refractivity contribution >= 4 is 11.7 Å². The van der Waals surface area contributed by atoms with Gasteiger partial charge in [0, 0.05) is 17.5 Å². The van der Waals surface area contributed by atoms with E-state index >= 15 is 0 Å². The standard InChI is InChI=1S/C18H26N4O/c1-11-3-16(23)20-17(19-11)22-21-12(2)7-18-8-13-4-14(9-18)6-15(5-13)10-18/h3,13-15H,4-10H2,1-2H3,(H2,19,20,22,23)/b21-12-. The van der Waals surface area contributed by atoms with Crippen molar-refractivity contribution in [2.45, 2.75) is 58.8 Å². The van der Waals surface area contributed by atoms with E-state index in [-0.39, 0.29) is 5.56 Å². The third-order valence-electron chi connectivity index (χ3n) is 6.02. The fourth-order valence-electron chi connectivity index (χ4n) is 5.87. The molecule has 0 unspecified atom stereocenters. The first-order chi connectivity index (χ1) is 11.0. The molecule has 124 valence electrons. The second kappa shape index (κ2) is 5.46. The lowest BCUT2D eigenvalue weighted by Gasteiger charge is -2.57. The van der Waals surface area contributed by atoms with Crippen molar-refractivity contribution in [2.24, 2.45) is 28.3 Å². The second-order valence-corrected chi connectivity index (χ2v) is 8.29. The van der Waals surface area contributed by atoms with Crippen LogP contribution >= 0.6 is 0 Å². The molecule has 0 amide bonds. The number of aromatic nitrogens is 2. The van der Waals surface area contributed by atoms with Gasteiger partial charge in [-0.15, -0.1) is 0 Å². The zero-order chi connectivity index (χ0) is 16.0. The summed E-state index contributed by atoms with van der Waals surface area (Å²) < 4.78 is 0. The summed E-state index contributed by atoms with van der Waals surface area (Å²) in [5.74, 6) is 3.34. The summed E-state index contributed by atoms with van der Waals surface area (Å²) >= 11 is 0. The van der Waals surface area contributed by atoms with Gasteiger partial charge in [0.15, 0.2) is 0 Å². The molecule has 0 radical (unpaired) electrons. The average molecular weight is 314 g/mol. The van der Waals surface area contributed by atoms with Crippen LogP contribution in [0.5, 0.6) is 0 Å². The van der Waals surface area contributed by atoms with Crippen LogP contribution in [0.15, 0.2) is 16.0 Å². The van der Waals surface area contributed by atoms with Gasteiger partial charge in [0.2, 0.25) is 5.95 Å². The third-order valence-corrected chi connectivity index (χ3v) is 6.02. The number of hydrogen-bond acceptors (Lipinski definition) is 4. The van der Waals surface area contributed by atoms with Crippen molar-refractivity contribution in [3.8, 4) is 0 Å². The Kier molecular flexibility index (Phi) is 3.54.